The van der Waals surface area contributed by atoms with E-state index in [0.717, 1.165) is 32.5 Å². The fourth-order valence-corrected chi connectivity index (χ4v) is 3.71. The summed E-state index contributed by atoms with van der Waals surface area (Å²) >= 11 is 0. The number of aldehydes is 1. The first-order chi connectivity index (χ1) is 9.29. The summed E-state index contributed by atoms with van der Waals surface area (Å²) in [5, 5.41) is 0. The first-order valence-corrected chi connectivity index (χ1v) is 7.29. The number of carbonyl (C=O) groups excluding carboxylic acids is 1. The molecule has 1 fully saturated rings. The van der Waals surface area contributed by atoms with Gasteiger partial charge in [-0.2, -0.15) is 0 Å². The lowest BCUT2D eigenvalue weighted by atomic mass is 9.74. The van der Waals surface area contributed by atoms with Crippen molar-refractivity contribution in [2.24, 2.45) is 0 Å². The van der Waals surface area contributed by atoms with E-state index in [1.807, 2.05) is 0 Å². The normalized spacial score (nSPS) is 21.6. The van der Waals surface area contributed by atoms with Crippen molar-refractivity contribution < 1.29 is 4.79 Å². The summed E-state index contributed by atoms with van der Waals surface area (Å²) < 4.78 is 0. The molecule has 3 heteroatoms. The van der Waals surface area contributed by atoms with Crippen LogP contribution in [0.4, 0.5) is 5.69 Å². The minimum Gasteiger partial charge on any atom is -0.371 e. The predicted octanol–water partition coefficient (Wildman–Crippen LogP) is 2.06. The van der Waals surface area contributed by atoms with Gasteiger partial charge in [0.05, 0.1) is 6.54 Å². The van der Waals surface area contributed by atoms with E-state index in [1.165, 1.54) is 24.1 Å². The number of anilines is 1. The molecule has 102 valence electrons. The number of hydrogen-bond donors (Lipinski definition) is 0. The van der Waals surface area contributed by atoms with Crippen molar-refractivity contribution in [3.8, 4) is 0 Å². The van der Waals surface area contributed by atoms with E-state index in [0.29, 0.717) is 12.0 Å². The van der Waals surface area contributed by atoms with E-state index in [4.69, 9.17) is 0 Å². The number of para-hydroxylation sites is 1. The van der Waals surface area contributed by atoms with Crippen LogP contribution >= 0.6 is 0 Å². The summed E-state index contributed by atoms with van der Waals surface area (Å²) in [7, 11) is 0. The Balaban J connectivity index is 1.85. The monoisotopic (exact) mass is 258 g/mol. The first-order valence-electron chi connectivity index (χ1n) is 7.29. The van der Waals surface area contributed by atoms with Crippen molar-refractivity contribution in [1.29, 1.82) is 0 Å². The highest BCUT2D eigenvalue weighted by atomic mass is 16.1. The number of rotatable bonds is 3. The van der Waals surface area contributed by atoms with E-state index in [-0.39, 0.29) is 0 Å². The topological polar surface area (TPSA) is 23.6 Å². The Kier molecular flexibility index (Phi) is 3.31. The molecule has 0 amide bonds. The van der Waals surface area contributed by atoms with Gasteiger partial charge >= 0.3 is 0 Å². The Labute approximate surface area is 115 Å². The second kappa shape index (κ2) is 4.97. The van der Waals surface area contributed by atoms with Gasteiger partial charge in [0, 0.05) is 24.2 Å². The summed E-state index contributed by atoms with van der Waals surface area (Å²) in [6, 6.07) is 8.87. The van der Waals surface area contributed by atoms with Gasteiger partial charge in [0.1, 0.15) is 6.29 Å². The van der Waals surface area contributed by atoms with Crippen LogP contribution in [0, 0.1) is 0 Å². The van der Waals surface area contributed by atoms with Crippen molar-refractivity contribution in [3.05, 3.63) is 29.8 Å². The molecule has 0 aliphatic carbocycles. The quantitative estimate of drug-likeness (QED) is 0.775. The van der Waals surface area contributed by atoms with E-state index >= 15 is 0 Å². The molecule has 2 aliphatic heterocycles. The molecular weight excluding hydrogens is 236 g/mol. The molecule has 2 aliphatic rings. The number of nitrogens with zero attached hydrogens (tertiary/aromatic N) is 2. The number of likely N-dealkylation sites (N-methyl/N-ethyl adjacent to an activating group) is 1. The summed E-state index contributed by atoms with van der Waals surface area (Å²) in [5.74, 6) is 0. The average Bonchev–Trinajstić information content (AvgIpc) is 2.77. The molecule has 1 aromatic rings. The molecule has 0 N–H and O–H groups in total. The third kappa shape index (κ3) is 2.06. The molecule has 3 rings (SSSR count). The molecule has 0 aromatic heterocycles. The summed E-state index contributed by atoms with van der Waals surface area (Å²) in [6.45, 7) is 7.15. The van der Waals surface area contributed by atoms with Crippen LogP contribution in [0.15, 0.2) is 24.3 Å². The number of carbonyl (C=O) groups is 1. The van der Waals surface area contributed by atoms with Gasteiger partial charge < -0.3 is 9.69 Å². The van der Waals surface area contributed by atoms with Crippen LogP contribution in [0.3, 0.4) is 0 Å². The highest BCUT2D eigenvalue weighted by Crippen LogP contribution is 2.46. The van der Waals surface area contributed by atoms with E-state index in [2.05, 4.69) is 41.0 Å². The number of benzene rings is 1. The minimum atomic E-state index is 0.325. The summed E-state index contributed by atoms with van der Waals surface area (Å²) in [4.78, 5) is 15.4. The van der Waals surface area contributed by atoms with E-state index < -0.39 is 0 Å². The maximum Gasteiger partial charge on any atom is 0.133 e. The Bertz CT molecular complexity index is 464. The fourth-order valence-electron chi connectivity index (χ4n) is 3.71. The van der Waals surface area contributed by atoms with Gasteiger partial charge in [-0.3, -0.25) is 4.90 Å². The highest BCUT2D eigenvalue weighted by Gasteiger charge is 2.43. The van der Waals surface area contributed by atoms with Crippen molar-refractivity contribution in [1.82, 2.24) is 4.90 Å². The van der Waals surface area contributed by atoms with E-state index in [1.54, 1.807) is 0 Å². The fraction of sp³-hybridized carbons (Fsp3) is 0.562. The molecule has 19 heavy (non-hydrogen) atoms. The zero-order chi connectivity index (χ0) is 13.3. The summed E-state index contributed by atoms with van der Waals surface area (Å²) in [5.41, 5.74) is 3.28. The highest BCUT2D eigenvalue weighted by molar-refractivity contribution is 5.63. The lowest BCUT2D eigenvalue weighted by Gasteiger charge is -2.39. The second-order valence-corrected chi connectivity index (χ2v) is 5.78. The van der Waals surface area contributed by atoms with Crippen molar-refractivity contribution in [2.45, 2.75) is 25.2 Å². The Morgan fingerprint density at radius 2 is 2.00 bits per heavy atom. The molecule has 0 atom stereocenters. The number of piperidine rings is 1. The standard InChI is InChI=1S/C16H22N2O/c1-2-18-13-16(14-5-3-4-6-15(14)18)7-9-17(10-8-16)11-12-19/h3-6,12H,2,7-11,13H2,1H3. The largest absolute Gasteiger partial charge is 0.371 e. The van der Waals surface area contributed by atoms with Gasteiger partial charge in [0.15, 0.2) is 0 Å². The van der Waals surface area contributed by atoms with Gasteiger partial charge in [-0.05, 0) is 44.5 Å². The van der Waals surface area contributed by atoms with E-state index in [9.17, 15) is 4.79 Å². The zero-order valence-corrected chi connectivity index (χ0v) is 11.6. The predicted molar refractivity (Wildman–Crippen MR) is 77.7 cm³/mol. The number of hydrogen-bond acceptors (Lipinski definition) is 3. The Hall–Kier alpha value is -1.35. The maximum absolute atomic E-state index is 10.6. The minimum absolute atomic E-state index is 0.325. The molecule has 0 radical (unpaired) electrons. The molecule has 1 spiro atoms. The Morgan fingerprint density at radius 1 is 1.26 bits per heavy atom. The van der Waals surface area contributed by atoms with Gasteiger partial charge in [-0.15, -0.1) is 0 Å². The molecule has 2 heterocycles. The molecular formula is C16H22N2O. The lowest BCUT2D eigenvalue weighted by Crippen LogP contribution is -2.45. The number of likely N-dealkylation sites (tertiary alicyclic amines) is 1. The molecule has 1 saturated heterocycles. The third-order valence-electron chi connectivity index (χ3n) is 4.84. The average molecular weight is 258 g/mol. The smallest absolute Gasteiger partial charge is 0.133 e. The second-order valence-electron chi connectivity index (χ2n) is 5.78. The van der Waals surface area contributed by atoms with Gasteiger partial charge in [-0.25, -0.2) is 0 Å². The van der Waals surface area contributed by atoms with Crippen LogP contribution < -0.4 is 4.90 Å². The van der Waals surface area contributed by atoms with Crippen molar-refractivity contribution >= 4 is 12.0 Å². The molecule has 1 aromatic carbocycles. The van der Waals surface area contributed by atoms with Crippen molar-refractivity contribution in [3.63, 3.8) is 0 Å². The van der Waals surface area contributed by atoms with Gasteiger partial charge in [-0.1, -0.05) is 18.2 Å². The van der Waals surface area contributed by atoms with Crippen molar-refractivity contribution in [2.75, 3.05) is 37.6 Å². The first kappa shape index (κ1) is 12.7. The number of fused-ring (bicyclic) bond motifs is 2. The SMILES string of the molecule is CCN1CC2(CCN(CC=O)CC2)c2ccccc21. The van der Waals surface area contributed by atoms with Gasteiger partial charge in [0.2, 0.25) is 0 Å². The third-order valence-corrected chi connectivity index (χ3v) is 4.84. The molecule has 0 bridgehead atoms. The van der Waals surface area contributed by atoms with Crippen LogP contribution in [0.2, 0.25) is 0 Å². The van der Waals surface area contributed by atoms with Crippen LogP contribution in [-0.2, 0) is 10.2 Å². The van der Waals surface area contributed by atoms with Crippen LogP contribution in [0.1, 0.15) is 25.3 Å². The molecule has 3 nitrogen and oxygen atoms in total. The van der Waals surface area contributed by atoms with Crippen LogP contribution in [0.5, 0.6) is 0 Å². The zero-order valence-electron chi connectivity index (χ0n) is 11.6. The van der Waals surface area contributed by atoms with Gasteiger partial charge in [0.25, 0.3) is 0 Å². The van der Waals surface area contributed by atoms with Crippen LogP contribution in [0.25, 0.3) is 0 Å². The molecule has 0 unspecified atom stereocenters. The maximum atomic E-state index is 10.6. The Morgan fingerprint density at radius 3 is 2.68 bits per heavy atom. The lowest BCUT2D eigenvalue weighted by molar-refractivity contribution is -0.109. The molecule has 0 saturated carbocycles. The summed E-state index contributed by atoms with van der Waals surface area (Å²) in [6.07, 6.45) is 3.38. The van der Waals surface area contributed by atoms with Crippen LogP contribution in [-0.4, -0.2) is 43.9 Å².